The van der Waals surface area contributed by atoms with Gasteiger partial charge in [-0.1, -0.05) is 0 Å². The molecule has 0 aliphatic carbocycles. The molecule has 1 aliphatic heterocycles. The van der Waals surface area contributed by atoms with Crippen molar-refractivity contribution in [3.05, 3.63) is 0 Å². The monoisotopic (exact) mass is 186 g/mol. The molecule has 1 nitrogen and oxygen atoms in total. The van der Waals surface area contributed by atoms with Gasteiger partial charge in [-0.25, -0.2) is 4.21 Å². The Bertz CT molecular complexity index is 146. The molecule has 0 aromatic rings. The number of rotatable bonds is 0. The van der Waals surface area contributed by atoms with E-state index in [1.807, 2.05) is 0 Å². The third-order valence-electron chi connectivity index (χ3n) is 0.744. The summed E-state index contributed by atoms with van der Waals surface area (Å²) in [5.41, 5.74) is 0. The smallest absolute Gasteiger partial charge is 0.134 e. The second-order valence-electron chi connectivity index (χ2n) is 1.41. The third kappa shape index (κ3) is 2.13. The Morgan fingerprint density at radius 2 is 1.88 bits per heavy atom. The lowest BCUT2D eigenvalue weighted by molar-refractivity contribution is 0.697. The minimum atomic E-state index is -1.92. The zero-order chi connectivity index (χ0) is 6.04. The predicted molar refractivity (Wildman–Crippen MR) is 45.0 cm³/mol. The van der Waals surface area contributed by atoms with Crippen LogP contribution in [0.5, 0.6) is 0 Å². The van der Waals surface area contributed by atoms with Crippen LogP contribution in [0.15, 0.2) is 0 Å². The van der Waals surface area contributed by atoms with Gasteiger partial charge in [0.1, 0.15) is 6.56 Å². The second-order valence-corrected chi connectivity index (χ2v) is 11.0. The lowest BCUT2D eigenvalue weighted by Gasteiger charge is -2.09. The van der Waals surface area contributed by atoms with E-state index < -0.39 is 6.56 Å². The molecule has 0 atom stereocenters. The Labute approximate surface area is 61.5 Å². The number of hydrogen-bond donors (Lipinski definition) is 0. The fourth-order valence-corrected chi connectivity index (χ4v) is 6.80. The molecule has 1 rings (SSSR count). The molecule has 1 saturated heterocycles. The molecule has 0 aromatic carbocycles. The van der Waals surface area contributed by atoms with E-state index in [0.717, 1.165) is 17.9 Å². The molecular formula is C3H6OS4. The molecule has 0 unspecified atom stereocenters. The molecule has 8 heavy (non-hydrogen) atoms. The van der Waals surface area contributed by atoms with Gasteiger partial charge in [0, 0.05) is 22.7 Å². The average molecular weight is 186 g/mol. The fourth-order valence-electron chi connectivity index (χ4n) is 0.415. The van der Waals surface area contributed by atoms with Crippen LogP contribution in [0.4, 0.5) is 0 Å². The standard InChI is InChI=1S/C3H6OS4/c4-8(5)6-2-1-3-7-8/h1-3H2. The predicted octanol–water partition coefficient (Wildman–Crippen LogP) is 1.43. The van der Waals surface area contributed by atoms with Gasteiger partial charge < -0.3 is 0 Å². The van der Waals surface area contributed by atoms with Gasteiger partial charge in [0.25, 0.3) is 0 Å². The van der Waals surface area contributed by atoms with E-state index in [0.29, 0.717) is 0 Å². The van der Waals surface area contributed by atoms with Crippen molar-refractivity contribution < 1.29 is 4.21 Å². The highest BCUT2D eigenvalue weighted by molar-refractivity contribution is 9.15. The molecule has 1 fully saturated rings. The highest BCUT2D eigenvalue weighted by atomic mass is 33.7. The Morgan fingerprint density at radius 3 is 2.12 bits per heavy atom. The molecule has 48 valence electrons. The maximum atomic E-state index is 10.9. The van der Waals surface area contributed by atoms with E-state index in [1.54, 1.807) is 0 Å². The van der Waals surface area contributed by atoms with Crippen LogP contribution in [0.3, 0.4) is 0 Å². The van der Waals surface area contributed by atoms with Gasteiger partial charge >= 0.3 is 0 Å². The average Bonchev–Trinajstić information content (AvgIpc) is 1.65. The van der Waals surface area contributed by atoms with Crippen molar-refractivity contribution in [2.24, 2.45) is 0 Å². The van der Waals surface area contributed by atoms with Gasteiger partial charge in [0.2, 0.25) is 0 Å². The molecule has 0 N–H and O–H groups in total. The number of hydrogen-bond acceptors (Lipinski definition) is 4. The molecule has 5 heteroatoms. The minimum absolute atomic E-state index is 0.981. The summed E-state index contributed by atoms with van der Waals surface area (Å²) < 4.78 is 10.9. The van der Waals surface area contributed by atoms with Crippen LogP contribution in [-0.4, -0.2) is 15.7 Å². The molecular weight excluding hydrogens is 180 g/mol. The van der Waals surface area contributed by atoms with Crippen molar-refractivity contribution in [1.82, 2.24) is 0 Å². The van der Waals surface area contributed by atoms with Crippen molar-refractivity contribution in [1.29, 1.82) is 0 Å². The van der Waals surface area contributed by atoms with Crippen LogP contribution in [0.25, 0.3) is 0 Å². The van der Waals surface area contributed by atoms with Crippen LogP contribution < -0.4 is 0 Å². The van der Waals surface area contributed by atoms with E-state index in [4.69, 9.17) is 11.2 Å². The van der Waals surface area contributed by atoms with Gasteiger partial charge in [-0.15, -0.1) is 0 Å². The Balaban J connectivity index is 2.58. The summed E-state index contributed by atoms with van der Waals surface area (Å²) in [6.45, 7) is -1.92. The largest absolute Gasteiger partial charge is 0.235 e. The van der Waals surface area contributed by atoms with Crippen molar-refractivity contribution in [3.8, 4) is 0 Å². The normalized spacial score (nSPS) is 27.5. The van der Waals surface area contributed by atoms with Crippen LogP contribution in [0.1, 0.15) is 6.42 Å². The molecule has 0 amide bonds. The third-order valence-corrected chi connectivity index (χ3v) is 8.43. The highest BCUT2D eigenvalue weighted by Crippen LogP contribution is 2.32. The maximum Gasteiger partial charge on any atom is 0.134 e. The summed E-state index contributed by atoms with van der Waals surface area (Å²) in [7, 11) is 2.85. The van der Waals surface area contributed by atoms with Crippen molar-refractivity contribution in [2.75, 3.05) is 11.5 Å². The van der Waals surface area contributed by atoms with Crippen molar-refractivity contribution in [2.45, 2.75) is 6.42 Å². The molecule has 0 bridgehead atoms. The van der Waals surface area contributed by atoms with Crippen LogP contribution in [-0.2, 0) is 17.7 Å². The Morgan fingerprint density at radius 1 is 1.38 bits per heavy atom. The first-order chi connectivity index (χ1) is 3.71. The first kappa shape index (κ1) is 7.18. The van der Waals surface area contributed by atoms with Gasteiger partial charge in [-0.05, 0) is 28.0 Å². The summed E-state index contributed by atoms with van der Waals surface area (Å²) in [6, 6.07) is 0. The van der Waals surface area contributed by atoms with Crippen LogP contribution >= 0.6 is 21.6 Å². The van der Waals surface area contributed by atoms with Crippen molar-refractivity contribution >= 4 is 39.3 Å². The first-order valence-electron chi connectivity index (χ1n) is 2.24. The molecule has 1 aliphatic rings. The van der Waals surface area contributed by atoms with E-state index in [1.165, 1.54) is 21.6 Å². The topological polar surface area (TPSA) is 17.1 Å². The second kappa shape index (κ2) is 2.77. The molecule has 0 aromatic heterocycles. The Kier molecular flexibility index (Phi) is 2.49. The van der Waals surface area contributed by atoms with Gasteiger partial charge in [0.05, 0.1) is 0 Å². The fraction of sp³-hybridized carbons (Fsp3) is 1.00. The molecule has 0 radical (unpaired) electrons. The van der Waals surface area contributed by atoms with E-state index >= 15 is 0 Å². The first-order valence-corrected chi connectivity index (χ1v) is 7.73. The SMILES string of the molecule is O=S1(=S)SCCCS1. The van der Waals surface area contributed by atoms with Crippen LogP contribution in [0.2, 0.25) is 0 Å². The van der Waals surface area contributed by atoms with Gasteiger partial charge in [-0.2, -0.15) is 0 Å². The summed E-state index contributed by atoms with van der Waals surface area (Å²) in [5.74, 6) is 1.96. The van der Waals surface area contributed by atoms with Gasteiger partial charge in [0.15, 0.2) is 0 Å². The van der Waals surface area contributed by atoms with Crippen molar-refractivity contribution in [3.63, 3.8) is 0 Å². The van der Waals surface area contributed by atoms with E-state index in [-0.39, 0.29) is 0 Å². The Hall–Kier alpha value is 1.07. The lowest BCUT2D eigenvalue weighted by atomic mass is 10.6. The van der Waals surface area contributed by atoms with Crippen LogP contribution in [0, 0.1) is 0 Å². The van der Waals surface area contributed by atoms with Gasteiger partial charge in [-0.3, -0.25) is 0 Å². The summed E-state index contributed by atoms with van der Waals surface area (Å²) in [4.78, 5) is 0. The summed E-state index contributed by atoms with van der Waals surface area (Å²) >= 11 is 4.75. The zero-order valence-electron chi connectivity index (χ0n) is 4.16. The molecule has 1 heterocycles. The lowest BCUT2D eigenvalue weighted by Crippen LogP contribution is -1.97. The zero-order valence-corrected chi connectivity index (χ0v) is 7.43. The quantitative estimate of drug-likeness (QED) is 0.532. The summed E-state index contributed by atoms with van der Waals surface area (Å²) in [5, 5.41) is 0. The summed E-state index contributed by atoms with van der Waals surface area (Å²) in [6.07, 6.45) is 1.16. The maximum absolute atomic E-state index is 10.9. The molecule has 0 saturated carbocycles. The molecule has 0 spiro atoms. The minimum Gasteiger partial charge on any atom is -0.235 e. The highest BCUT2D eigenvalue weighted by Gasteiger charge is 2.12. The van der Waals surface area contributed by atoms with E-state index in [9.17, 15) is 4.21 Å². The van der Waals surface area contributed by atoms with E-state index in [2.05, 4.69) is 0 Å².